The Morgan fingerprint density at radius 3 is 3.20 bits per heavy atom. The number of hydrogen-bond acceptors (Lipinski definition) is 4. The fourth-order valence-corrected chi connectivity index (χ4v) is 2.14. The molecule has 0 amide bonds. The number of rotatable bonds is 3. The van der Waals surface area contributed by atoms with Crippen molar-refractivity contribution in [2.24, 2.45) is 0 Å². The second-order valence-electron chi connectivity index (χ2n) is 3.77. The molecule has 1 saturated heterocycles. The van der Waals surface area contributed by atoms with Gasteiger partial charge in [0, 0.05) is 18.8 Å². The van der Waals surface area contributed by atoms with Gasteiger partial charge >= 0.3 is 0 Å². The highest BCUT2D eigenvalue weighted by Crippen LogP contribution is 2.18. The van der Waals surface area contributed by atoms with Crippen LogP contribution in [0.1, 0.15) is 18.5 Å². The molecule has 1 fully saturated rings. The fraction of sp³-hybridized carbons (Fsp3) is 0.600. The van der Waals surface area contributed by atoms with Crippen molar-refractivity contribution in [3.05, 3.63) is 23.2 Å². The second kappa shape index (κ2) is 4.88. The number of aliphatic hydroxyl groups excluding tert-OH is 1. The molecule has 0 bridgehead atoms. The van der Waals surface area contributed by atoms with Crippen LogP contribution in [-0.4, -0.2) is 39.2 Å². The lowest BCUT2D eigenvalue weighted by Gasteiger charge is -2.21. The van der Waals surface area contributed by atoms with E-state index in [9.17, 15) is 0 Å². The third-order valence-corrected chi connectivity index (χ3v) is 2.94. The SMILES string of the molecule is OC[C@@H]1CCCN1Cc1ccnc(Cl)n1. The summed E-state index contributed by atoms with van der Waals surface area (Å²) in [5.41, 5.74) is 0.912. The maximum atomic E-state index is 9.17. The average Bonchev–Trinajstić information content (AvgIpc) is 2.65. The van der Waals surface area contributed by atoms with Crippen LogP contribution in [0.5, 0.6) is 0 Å². The highest BCUT2D eigenvalue weighted by molar-refractivity contribution is 6.28. The topological polar surface area (TPSA) is 49.2 Å². The first-order valence-corrected chi connectivity index (χ1v) is 5.49. The Labute approximate surface area is 93.9 Å². The standard InChI is InChI=1S/C10H14ClN3O/c11-10-12-4-3-8(13-10)6-14-5-1-2-9(14)7-15/h3-4,9,15H,1-2,5-7H2/t9-/m0/s1. The Hall–Kier alpha value is -0.710. The first kappa shape index (κ1) is 10.8. The minimum absolute atomic E-state index is 0.221. The summed E-state index contributed by atoms with van der Waals surface area (Å²) in [6.45, 7) is 1.99. The first-order valence-electron chi connectivity index (χ1n) is 5.12. The maximum Gasteiger partial charge on any atom is 0.222 e. The van der Waals surface area contributed by atoms with E-state index in [4.69, 9.17) is 16.7 Å². The largest absolute Gasteiger partial charge is 0.395 e. The Kier molecular flexibility index (Phi) is 3.51. The van der Waals surface area contributed by atoms with E-state index in [0.717, 1.165) is 31.6 Å². The van der Waals surface area contributed by atoms with Crippen molar-refractivity contribution in [3.63, 3.8) is 0 Å². The Morgan fingerprint density at radius 1 is 1.60 bits per heavy atom. The molecule has 5 heteroatoms. The molecule has 1 atom stereocenters. The quantitative estimate of drug-likeness (QED) is 0.786. The maximum absolute atomic E-state index is 9.17. The van der Waals surface area contributed by atoms with E-state index in [-0.39, 0.29) is 17.9 Å². The van der Waals surface area contributed by atoms with Crippen LogP contribution in [0.25, 0.3) is 0 Å². The number of hydrogen-bond donors (Lipinski definition) is 1. The number of nitrogens with zero attached hydrogens (tertiary/aromatic N) is 3. The summed E-state index contributed by atoms with van der Waals surface area (Å²) in [7, 11) is 0. The average molecular weight is 228 g/mol. The summed E-state index contributed by atoms with van der Waals surface area (Å²) in [4.78, 5) is 10.2. The molecule has 0 aliphatic carbocycles. The number of aliphatic hydroxyl groups is 1. The van der Waals surface area contributed by atoms with Crippen molar-refractivity contribution < 1.29 is 5.11 Å². The second-order valence-corrected chi connectivity index (χ2v) is 4.10. The van der Waals surface area contributed by atoms with Gasteiger partial charge in [-0.2, -0.15) is 0 Å². The molecule has 2 rings (SSSR count). The van der Waals surface area contributed by atoms with Gasteiger partial charge in [-0.05, 0) is 37.1 Å². The molecular formula is C10H14ClN3O. The van der Waals surface area contributed by atoms with Gasteiger partial charge < -0.3 is 5.11 Å². The molecule has 0 radical (unpaired) electrons. The molecule has 1 aliphatic heterocycles. The van der Waals surface area contributed by atoms with E-state index in [1.54, 1.807) is 6.20 Å². The summed E-state index contributed by atoms with van der Waals surface area (Å²) in [5, 5.41) is 9.45. The molecule has 2 heterocycles. The minimum atomic E-state index is 0.221. The monoisotopic (exact) mass is 227 g/mol. The Morgan fingerprint density at radius 2 is 2.47 bits per heavy atom. The van der Waals surface area contributed by atoms with E-state index in [1.807, 2.05) is 6.07 Å². The molecule has 1 N–H and O–H groups in total. The normalized spacial score (nSPS) is 22.1. The number of aromatic nitrogens is 2. The van der Waals surface area contributed by atoms with Gasteiger partial charge in [0.05, 0.1) is 12.3 Å². The van der Waals surface area contributed by atoms with Crippen molar-refractivity contribution in [2.75, 3.05) is 13.2 Å². The molecule has 0 unspecified atom stereocenters. The van der Waals surface area contributed by atoms with Gasteiger partial charge in [0.1, 0.15) is 0 Å². The molecule has 82 valence electrons. The van der Waals surface area contributed by atoms with Crippen LogP contribution in [0.2, 0.25) is 5.28 Å². The van der Waals surface area contributed by atoms with E-state index < -0.39 is 0 Å². The summed E-state index contributed by atoms with van der Waals surface area (Å²) in [6, 6.07) is 2.14. The fourth-order valence-electron chi connectivity index (χ4n) is 1.98. The van der Waals surface area contributed by atoms with Crippen LogP contribution in [0, 0.1) is 0 Å². The molecular weight excluding hydrogens is 214 g/mol. The van der Waals surface area contributed by atoms with Crippen LogP contribution in [-0.2, 0) is 6.54 Å². The first-order chi connectivity index (χ1) is 7.29. The van der Waals surface area contributed by atoms with Crippen LogP contribution in [0.4, 0.5) is 0 Å². The lowest BCUT2D eigenvalue weighted by Crippen LogP contribution is -2.31. The predicted octanol–water partition coefficient (Wildman–Crippen LogP) is 1.09. The van der Waals surface area contributed by atoms with Crippen molar-refractivity contribution in [1.82, 2.24) is 14.9 Å². The van der Waals surface area contributed by atoms with Gasteiger partial charge in [-0.1, -0.05) is 0 Å². The predicted molar refractivity (Wildman–Crippen MR) is 57.6 cm³/mol. The highest BCUT2D eigenvalue weighted by Gasteiger charge is 2.23. The molecule has 1 aromatic rings. The van der Waals surface area contributed by atoms with Gasteiger partial charge in [0.2, 0.25) is 5.28 Å². The zero-order chi connectivity index (χ0) is 10.7. The van der Waals surface area contributed by atoms with Gasteiger partial charge in [0.25, 0.3) is 0 Å². The van der Waals surface area contributed by atoms with Gasteiger partial charge in [-0.15, -0.1) is 0 Å². The third kappa shape index (κ3) is 2.65. The zero-order valence-electron chi connectivity index (χ0n) is 8.43. The smallest absolute Gasteiger partial charge is 0.222 e. The number of halogens is 1. The summed E-state index contributed by atoms with van der Waals surface area (Å²) in [5.74, 6) is 0. The van der Waals surface area contributed by atoms with E-state index >= 15 is 0 Å². The molecule has 0 spiro atoms. The summed E-state index contributed by atoms with van der Waals surface area (Å²) in [6.07, 6.45) is 3.87. The van der Waals surface area contributed by atoms with Crippen LogP contribution in [0.3, 0.4) is 0 Å². The highest BCUT2D eigenvalue weighted by atomic mass is 35.5. The molecule has 15 heavy (non-hydrogen) atoms. The van der Waals surface area contributed by atoms with E-state index in [0.29, 0.717) is 0 Å². The van der Waals surface area contributed by atoms with Crippen LogP contribution in [0.15, 0.2) is 12.3 Å². The minimum Gasteiger partial charge on any atom is -0.395 e. The van der Waals surface area contributed by atoms with Crippen LogP contribution >= 0.6 is 11.6 Å². The lowest BCUT2D eigenvalue weighted by atomic mass is 10.2. The van der Waals surface area contributed by atoms with Crippen LogP contribution < -0.4 is 0 Å². The van der Waals surface area contributed by atoms with Gasteiger partial charge in [-0.25, -0.2) is 9.97 Å². The molecule has 4 nitrogen and oxygen atoms in total. The summed E-state index contributed by atoms with van der Waals surface area (Å²) < 4.78 is 0. The van der Waals surface area contributed by atoms with Crippen molar-refractivity contribution in [3.8, 4) is 0 Å². The molecule has 1 aliphatic rings. The Bertz CT molecular complexity index is 334. The Balaban J connectivity index is 2.02. The zero-order valence-corrected chi connectivity index (χ0v) is 9.19. The summed E-state index contributed by atoms with van der Waals surface area (Å²) >= 11 is 5.71. The lowest BCUT2D eigenvalue weighted by molar-refractivity contribution is 0.152. The van der Waals surface area contributed by atoms with Gasteiger partial charge in [0.15, 0.2) is 0 Å². The molecule has 0 aromatic carbocycles. The molecule has 1 aromatic heterocycles. The number of likely N-dealkylation sites (tertiary alicyclic amines) is 1. The molecule has 0 saturated carbocycles. The van der Waals surface area contributed by atoms with E-state index in [2.05, 4.69) is 14.9 Å². The van der Waals surface area contributed by atoms with Crippen molar-refractivity contribution >= 4 is 11.6 Å². The van der Waals surface area contributed by atoms with Gasteiger partial charge in [-0.3, -0.25) is 4.90 Å². The van der Waals surface area contributed by atoms with Crippen molar-refractivity contribution in [1.29, 1.82) is 0 Å². The van der Waals surface area contributed by atoms with E-state index in [1.165, 1.54) is 0 Å². The van der Waals surface area contributed by atoms with Crippen molar-refractivity contribution in [2.45, 2.75) is 25.4 Å². The third-order valence-electron chi connectivity index (χ3n) is 2.76.